The van der Waals surface area contributed by atoms with Crippen LogP contribution in [0.4, 0.5) is 8.78 Å². The van der Waals surface area contributed by atoms with Crippen molar-refractivity contribution in [3.63, 3.8) is 0 Å². The Balaban J connectivity index is 2.84. The van der Waals surface area contributed by atoms with Crippen molar-refractivity contribution in [3.8, 4) is 0 Å². The summed E-state index contributed by atoms with van der Waals surface area (Å²) in [6.45, 7) is 0. The SMILES string of the molecule is FC(F)c1cc(I)c(S)c2ccsc12. The monoisotopic (exact) mass is 342 g/mol. The maximum Gasteiger partial charge on any atom is 0.265 e. The molecule has 0 N–H and O–H groups in total. The predicted molar refractivity (Wildman–Crippen MR) is 66.8 cm³/mol. The third-order valence-corrected chi connectivity index (χ3v) is 4.65. The van der Waals surface area contributed by atoms with Gasteiger partial charge in [0.05, 0.1) is 0 Å². The van der Waals surface area contributed by atoms with E-state index >= 15 is 0 Å². The molecule has 1 heterocycles. The molecule has 1 aromatic carbocycles. The minimum Gasteiger partial charge on any atom is -0.205 e. The Hall–Kier alpha value is 0.120. The lowest BCUT2D eigenvalue weighted by molar-refractivity contribution is 0.153. The van der Waals surface area contributed by atoms with E-state index in [0.29, 0.717) is 4.70 Å². The summed E-state index contributed by atoms with van der Waals surface area (Å²) in [6, 6.07) is 3.34. The third kappa shape index (κ3) is 1.65. The van der Waals surface area contributed by atoms with Gasteiger partial charge in [-0.1, -0.05) is 0 Å². The molecule has 0 saturated carbocycles. The molecule has 0 atom stereocenters. The summed E-state index contributed by atoms with van der Waals surface area (Å²) in [5, 5.41) is 2.63. The van der Waals surface area contributed by atoms with Crippen LogP contribution in [0.25, 0.3) is 10.1 Å². The summed E-state index contributed by atoms with van der Waals surface area (Å²) < 4.78 is 26.7. The maximum absolute atomic E-state index is 12.7. The van der Waals surface area contributed by atoms with Crippen LogP contribution < -0.4 is 0 Å². The van der Waals surface area contributed by atoms with Gasteiger partial charge in [-0.2, -0.15) is 0 Å². The van der Waals surface area contributed by atoms with E-state index in [9.17, 15) is 8.78 Å². The average molecular weight is 342 g/mol. The first-order valence-electron chi connectivity index (χ1n) is 3.78. The van der Waals surface area contributed by atoms with Gasteiger partial charge in [-0.15, -0.1) is 24.0 Å². The molecule has 0 aliphatic carbocycles. The molecule has 0 nitrogen and oxygen atoms in total. The number of thiol groups is 1. The van der Waals surface area contributed by atoms with Gasteiger partial charge in [-0.25, -0.2) is 8.78 Å². The van der Waals surface area contributed by atoms with Crippen LogP contribution in [0.2, 0.25) is 0 Å². The first-order chi connectivity index (χ1) is 6.61. The van der Waals surface area contributed by atoms with E-state index in [2.05, 4.69) is 12.6 Å². The van der Waals surface area contributed by atoms with Crippen LogP contribution in [0.1, 0.15) is 12.0 Å². The smallest absolute Gasteiger partial charge is 0.205 e. The molecular weight excluding hydrogens is 337 g/mol. The molecule has 0 aliphatic rings. The van der Waals surface area contributed by atoms with Crippen molar-refractivity contribution < 1.29 is 8.78 Å². The van der Waals surface area contributed by atoms with Crippen molar-refractivity contribution in [2.45, 2.75) is 11.3 Å². The summed E-state index contributed by atoms with van der Waals surface area (Å²) in [7, 11) is 0. The molecule has 0 saturated heterocycles. The Morgan fingerprint density at radius 1 is 1.43 bits per heavy atom. The summed E-state index contributed by atoms with van der Waals surface area (Å²) in [4.78, 5) is 0.784. The van der Waals surface area contributed by atoms with Gasteiger partial charge >= 0.3 is 0 Å². The number of hydrogen-bond acceptors (Lipinski definition) is 2. The van der Waals surface area contributed by atoms with E-state index in [1.165, 1.54) is 17.4 Å². The molecule has 2 rings (SSSR count). The highest BCUT2D eigenvalue weighted by atomic mass is 127. The minimum absolute atomic E-state index is 0.109. The minimum atomic E-state index is -2.42. The Bertz CT molecular complexity index is 479. The molecule has 0 radical (unpaired) electrons. The quantitative estimate of drug-likeness (QED) is 0.562. The lowest BCUT2D eigenvalue weighted by atomic mass is 10.2. The first-order valence-corrected chi connectivity index (χ1v) is 6.18. The van der Waals surface area contributed by atoms with E-state index in [1.54, 1.807) is 0 Å². The van der Waals surface area contributed by atoms with Crippen molar-refractivity contribution in [1.82, 2.24) is 0 Å². The zero-order valence-electron chi connectivity index (χ0n) is 6.80. The Kier molecular flexibility index (Phi) is 2.99. The molecule has 0 fully saturated rings. The number of rotatable bonds is 1. The van der Waals surface area contributed by atoms with Crippen molar-refractivity contribution >= 4 is 56.6 Å². The Labute approximate surface area is 103 Å². The highest BCUT2D eigenvalue weighted by Gasteiger charge is 2.16. The van der Waals surface area contributed by atoms with E-state index in [4.69, 9.17) is 0 Å². The van der Waals surface area contributed by atoms with E-state index in [1.807, 2.05) is 34.0 Å². The highest BCUT2D eigenvalue weighted by molar-refractivity contribution is 14.1. The van der Waals surface area contributed by atoms with Crippen molar-refractivity contribution in [1.29, 1.82) is 0 Å². The molecule has 0 aliphatic heterocycles. The largest absolute Gasteiger partial charge is 0.265 e. The second-order valence-electron chi connectivity index (χ2n) is 2.76. The fourth-order valence-corrected chi connectivity index (χ4v) is 3.15. The molecule has 0 bridgehead atoms. The van der Waals surface area contributed by atoms with Crippen LogP contribution in [0.3, 0.4) is 0 Å². The van der Waals surface area contributed by atoms with Crippen LogP contribution in [0.15, 0.2) is 22.4 Å². The number of fused-ring (bicyclic) bond motifs is 1. The van der Waals surface area contributed by atoms with Crippen LogP contribution >= 0.6 is 46.6 Å². The molecule has 5 heteroatoms. The van der Waals surface area contributed by atoms with Crippen molar-refractivity contribution in [2.75, 3.05) is 0 Å². The van der Waals surface area contributed by atoms with Crippen LogP contribution in [-0.2, 0) is 0 Å². The Morgan fingerprint density at radius 3 is 2.79 bits per heavy atom. The van der Waals surface area contributed by atoms with Crippen LogP contribution in [-0.4, -0.2) is 0 Å². The Morgan fingerprint density at radius 2 is 2.14 bits per heavy atom. The zero-order chi connectivity index (χ0) is 10.3. The van der Waals surface area contributed by atoms with Crippen LogP contribution in [0, 0.1) is 3.57 Å². The summed E-state index contributed by atoms with van der Waals surface area (Å²) in [6.07, 6.45) is -2.42. The molecule has 2 aromatic rings. The van der Waals surface area contributed by atoms with E-state index in [0.717, 1.165) is 13.9 Å². The lowest BCUT2D eigenvalue weighted by Gasteiger charge is -2.05. The number of halogens is 3. The van der Waals surface area contributed by atoms with Gasteiger partial charge in [-0.05, 0) is 40.1 Å². The highest BCUT2D eigenvalue weighted by Crippen LogP contribution is 2.37. The van der Waals surface area contributed by atoms with Gasteiger partial charge < -0.3 is 0 Å². The first kappa shape index (κ1) is 10.6. The van der Waals surface area contributed by atoms with Gasteiger partial charge in [0.15, 0.2) is 0 Å². The summed E-state index contributed by atoms with van der Waals surface area (Å²) in [5.41, 5.74) is 0.109. The third-order valence-electron chi connectivity index (χ3n) is 1.93. The molecule has 14 heavy (non-hydrogen) atoms. The van der Waals surface area contributed by atoms with Crippen LogP contribution in [0.5, 0.6) is 0 Å². The van der Waals surface area contributed by atoms with Gasteiger partial charge in [0.2, 0.25) is 0 Å². The predicted octanol–water partition coefficient (Wildman–Crippen LogP) is 4.73. The fourth-order valence-electron chi connectivity index (χ4n) is 1.28. The number of thiophene rings is 1. The second-order valence-corrected chi connectivity index (χ2v) is 5.29. The van der Waals surface area contributed by atoms with Crippen molar-refractivity contribution in [2.24, 2.45) is 0 Å². The van der Waals surface area contributed by atoms with Gasteiger partial charge in [-0.3, -0.25) is 0 Å². The van der Waals surface area contributed by atoms with Crippen molar-refractivity contribution in [3.05, 3.63) is 26.6 Å². The molecular formula is C9H5F2IS2. The number of alkyl halides is 2. The summed E-state index contributed by atoms with van der Waals surface area (Å²) >= 11 is 7.66. The number of hydrogen-bond donors (Lipinski definition) is 1. The molecule has 74 valence electrons. The summed E-state index contributed by atoms with van der Waals surface area (Å²) in [5.74, 6) is 0. The van der Waals surface area contributed by atoms with E-state index < -0.39 is 6.43 Å². The second kappa shape index (κ2) is 3.94. The maximum atomic E-state index is 12.7. The molecule has 1 aromatic heterocycles. The van der Waals surface area contributed by atoms with Gasteiger partial charge in [0.25, 0.3) is 6.43 Å². The average Bonchev–Trinajstić information content (AvgIpc) is 2.59. The van der Waals surface area contributed by atoms with Gasteiger partial charge in [0, 0.05) is 24.1 Å². The standard InChI is InChI=1S/C9H5F2IS2/c10-9(11)5-3-6(12)7(13)4-1-2-14-8(4)5/h1-3,9,13H. The molecule has 0 amide bonds. The van der Waals surface area contributed by atoms with Gasteiger partial charge in [0.1, 0.15) is 0 Å². The topological polar surface area (TPSA) is 0 Å². The zero-order valence-corrected chi connectivity index (χ0v) is 10.7. The molecule has 0 unspecified atom stereocenters. The van der Waals surface area contributed by atoms with E-state index in [-0.39, 0.29) is 5.56 Å². The number of benzene rings is 1. The molecule has 0 spiro atoms. The lowest BCUT2D eigenvalue weighted by Crippen LogP contribution is -1.87. The normalized spacial score (nSPS) is 11.5. The fraction of sp³-hybridized carbons (Fsp3) is 0.111.